The van der Waals surface area contributed by atoms with Gasteiger partial charge in [-0.15, -0.1) is 5.10 Å². The lowest BCUT2D eigenvalue weighted by Crippen LogP contribution is -2.29. The molecular formula is C18H23N5O. The number of carbonyl (C=O) groups excluding carboxylic acids is 1. The number of carbonyl (C=O) groups is 1. The molecule has 2 N–H and O–H groups in total. The first kappa shape index (κ1) is 15.3. The summed E-state index contributed by atoms with van der Waals surface area (Å²) < 4.78 is 0. The number of hydrogen-bond acceptors (Lipinski definition) is 4. The van der Waals surface area contributed by atoms with Gasteiger partial charge in [-0.3, -0.25) is 9.89 Å². The summed E-state index contributed by atoms with van der Waals surface area (Å²) in [5.41, 5.74) is 2.15. The fraction of sp³-hybridized carbons (Fsp3) is 0.500. The third kappa shape index (κ3) is 3.19. The van der Waals surface area contributed by atoms with Gasteiger partial charge >= 0.3 is 0 Å². The Balaban J connectivity index is 1.32. The highest BCUT2D eigenvalue weighted by atomic mass is 16.2. The zero-order valence-electron chi connectivity index (χ0n) is 13.9. The van der Waals surface area contributed by atoms with Crippen LogP contribution in [0.1, 0.15) is 48.3 Å². The number of aromatic amines is 1. The predicted octanol–water partition coefficient (Wildman–Crippen LogP) is 2.64. The van der Waals surface area contributed by atoms with Gasteiger partial charge in [0.05, 0.1) is 0 Å². The van der Waals surface area contributed by atoms with Crippen molar-refractivity contribution in [3.63, 3.8) is 0 Å². The molecule has 1 aliphatic carbocycles. The van der Waals surface area contributed by atoms with Crippen LogP contribution in [0.25, 0.3) is 0 Å². The number of anilines is 1. The van der Waals surface area contributed by atoms with Crippen LogP contribution in [0.15, 0.2) is 30.6 Å². The molecule has 24 heavy (non-hydrogen) atoms. The molecule has 6 heteroatoms. The number of aromatic nitrogens is 3. The summed E-state index contributed by atoms with van der Waals surface area (Å²) in [5.74, 6) is 1.33. The van der Waals surface area contributed by atoms with E-state index in [9.17, 15) is 4.79 Å². The Morgan fingerprint density at radius 2 is 2.21 bits per heavy atom. The highest BCUT2D eigenvalue weighted by Gasteiger charge is 2.40. The Morgan fingerprint density at radius 1 is 1.38 bits per heavy atom. The summed E-state index contributed by atoms with van der Waals surface area (Å²) in [7, 11) is 0. The zero-order chi connectivity index (χ0) is 16.5. The Hall–Kier alpha value is -2.21. The quantitative estimate of drug-likeness (QED) is 0.886. The van der Waals surface area contributed by atoms with Crippen molar-refractivity contribution < 1.29 is 4.79 Å². The van der Waals surface area contributed by atoms with E-state index < -0.39 is 0 Å². The second kappa shape index (κ2) is 6.36. The molecule has 1 saturated carbocycles. The lowest BCUT2D eigenvalue weighted by atomic mass is 10.1. The van der Waals surface area contributed by atoms with E-state index in [1.54, 1.807) is 0 Å². The van der Waals surface area contributed by atoms with Crippen LogP contribution in [-0.4, -0.2) is 45.1 Å². The van der Waals surface area contributed by atoms with E-state index in [1.165, 1.54) is 44.2 Å². The minimum Gasteiger partial charge on any atom is -0.319 e. The van der Waals surface area contributed by atoms with Crippen molar-refractivity contribution in [3.8, 4) is 0 Å². The number of H-pyrrole nitrogens is 1. The zero-order valence-corrected chi connectivity index (χ0v) is 13.9. The summed E-state index contributed by atoms with van der Waals surface area (Å²) in [6.45, 7) is 4.84. The molecule has 3 atom stereocenters. The average Bonchev–Trinajstić information content (AvgIpc) is 2.97. The SMILES string of the molecule is C[C@H]1CCCN1C[C@H]1C[C@@H]1c1ccc(NC(=O)c2nc[nH]n2)cc1. The standard InChI is InChI=1S/C18H23N5O/c1-12-3-2-8-23(12)10-14-9-16(14)13-4-6-15(7-5-13)21-18(24)17-19-11-20-22-17/h4-7,11-12,14,16H,2-3,8-10H2,1H3,(H,21,24)(H,19,20,22)/t12-,14+,16+/m0/s1. The highest BCUT2D eigenvalue weighted by molar-refractivity contribution is 6.01. The van der Waals surface area contributed by atoms with Gasteiger partial charge in [-0.25, -0.2) is 4.98 Å². The molecule has 1 amide bonds. The van der Waals surface area contributed by atoms with E-state index in [0.717, 1.165) is 17.6 Å². The number of benzene rings is 1. The van der Waals surface area contributed by atoms with Crippen LogP contribution in [0.4, 0.5) is 5.69 Å². The lowest BCUT2D eigenvalue weighted by molar-refractivity contribution is 0.101. The molecule has 2 aliphatic rings. The number of rotatable bonds is 5. The van der Waals surface area contributed by atoms with Crippen molar-refractivity contribution >= 4 is 11.6 Å². The Morgan fingerprint density at radius 3 is 2.88 bits per heavy atom. The third-order valence-corrected chi connectivity index (χ3v) is 5.30. The largest absolute Gasteiger partial charge is 0.319 e. The normalized spacial score (nSPS) is 26.5. The molecule has 0 unspecified atom stereocenters. The third-order valence-electron chi connectivity index (χ3n) is 5.30. The summed E-state index contributed by atoms with van der Waals surface area (Å²) in [4.78, 5) is 18.4. The van der Waals surface area contributed by atoms with E-state index in [1.807, 2.05) is 12.1 Å². The molecule has 2 heterocycles. The number of hydrogen-bond donors (Lipinski definition) is 2. The van der Waals surface area contributed by atoms with Gasteiger partial charge < -0.3 is 10.2 Å². The molecule has 0 spiro atoms. The predicted molar refractivity (Wildman–Crippen MR) is 91.9 cm³/mol. The fourth-order valence-corrected chi connectivity index (χ4v) is 3.74. The lowest BCUT2D eigenvalue weighted by Gasteiger charge is -2.20. The van der Waals surface area contributed by atoms with Crippen molar-refractivity contribution in [3.05, 3.63) is 42.0 Å². The van der Waals surface area contributed by atoms with Crippen molar-refractivity contribution in [2.75, 3.05) is 18.4 Å². The van der Waals surface area contributed by atoms with Crippen molar-refractivity contribution in [1.82, 2.24) is 20.1 Å². The molecule has 2 fully saturated rings. The second-order valence-electron chi connectivity index (χ2n) is 6.99. The first-order valence-electron chi connectivity index (χ1n) is 8.72. The van der Waals surface area contributed by atoms with Crippen LogP contribution in [-0.2, 0) is 0 Å². The molecule has 1 saturated heterocycles. The molecule has 1 aromatic heterocycles. The Labute approximate surface area is 141 Å². The average molecular weight is 325 g/mol. The van der Waals surface area contributed by atoms with E-state index >= 15 is 0 Å². The monoisotopic (exact) mass is 325 g/mol. The van der Waals surface area contributed by atoms with Gasteiger partial charge in [0.2, 0.25) is 5.82 Å². The van der Waals surface area contributed by atoms with Gasteiger partial charge in [0, 0.05) is 18.3 Å². The van der Waals surface area contributed by atoms with Crippen LogP contribution in [0, 0.1) is 5.92 Å². The Kier molecular flexibility index (Phi) is 4.06. The van der Waals surface area contributed by atoms with Crippen LogP contribution in [0.5, 0.6) is 0 Å². The van der Waals surface area contributed by atoms with Gasteiger partial charge in [-0.1, -0.05) is 12.1 Å². The van der Waals surface area contributed by atoms with Crippen molar-refractivity contribution in [2.24, 2.45) is 5.92 Å². The molecule has 1 aliphatic heterocycles. The summed E-state index contributed by atoms with van der Waals surface area (Å²) in [6, 6.07) is 8.94. The Bertz CT molecular complexity index is 697. The molecule has 4 rings (SSSR count). The van der Waals surface area contributed by atoms with Gasteiger partial charge in [-0.2, -0.15) is 0 Å². The molecule has 1 aromatic carbocycles. The fourth-order valence-electron chi connectivity index (χ4n) is 3.74. The maximum atomic E-state index is 11.9. The number of nitrogens with one attached hydrogen (secondary N) is 2. The van der Waals surface area contributed by atoms with E-state index in [4.69, 9.17) is 0 Å². The van der Waals surface area contributed by atoms with Gasteiger partial charge in [0.1, 0.15) is 6.33 Å². The van der Waals surface area contributed by atoms with E-state index in [2.05, 4.69) is 44.5 Å². The minimum absolute atomic E-state index is 0.154. The molecule has 126 valence electrons. The number of nitrogens with zero attached hydrogens (tertiary/aromatic N) is 3. The van der Waals surface area contributed by atoms with Gasteiger partial charge in [0.15, 0.2) is 0 Å². The maximum Gasteiger partial charge on any atom is 0.295 e. The smallest absolute Gasteiger partial charge is 0.295 e. The van der Waals surface area contributed by atoms with Gasteiger partial charge in [0.25, 0.3) is 5.91 Å². The molecule has 6 nitrogen and oxygen atoms in total. The number of likely N-dealkylation sites (tertiary alicyclic amines) is 1. The maximum absolute atomic E-state index is 11.9. The van der Waals surface area contributed by atoms with E-state index in [-0.39, 0.29) is 11.7 Å². The first-order valence-corrected chi connectivity index (χ1v) is 8.72. The number of amides is 1. The minimum atomic E-state index is -0.295. The molecular weight excluding hydrogens is 302 g/mol. The highest BCUT2D eigenvalue weighted by Crippen LogP contribution is 2.48. The topological polar surface area (TPSA) is 73.9 Å². The second-order valence-corrected chi connectivity index (χ2v) is 6.99. The summed E-state index contributed by atoms with van der Waals surface area (Å²) in [6.07, 6.45) is 5.37. The summed E-state index contributed by atoms with van der Waals surface area (Å²) in [5, 5.41) is 9.13. The molecule has 0 bridgehead atoms. The van der Waals surface area contributed by atoms with Crippen LogP contribution in [0.3, 0.4) is 0 Å². The molecule has 2 aromatic rings. The van der Waals surface area contributed by atoms with Crippen molar-refractivity contribution in [2.45, 2.75) is 38.1 Å². The van der Waals surface area contributed by atoms with Crippen LogP contribution >= 0.6 is 0 Å². The molecule has 0 radical (unpaired) electrons. The first-order chi connectivity index (χ1) is 11.7. The van der Waals surface area contributed by atoms with E-state index in [0.29, 0.717) is 5.92 Å². The van der Waals surface area contributed by atoms with Crippen molar-refractivity contribution in [1.29, 1.82) is 0 Å². The summed E-state index contributed by atoms with van der Waals surface area (Å²) >= 11 is 0. The van der Waals surface area contributed by atoms with Gasteiger partial charge in [-0.05, 0) is 62.3 Å². The van der Waals surface area contributed by atoms with Crippen LogP contribution < -0.4 is 5.32 Å². The van der Waals surface area contributed by atoms with Crippen LogP contribution in [0.2, 0.25) is 0 Å².